The molecule has 7 heteroatoms. The fourth-order valence-corrected chi connectivity index (χ4v) is 5.80. The first kappa shape index (κ1) is 29.6. The molecule has 2 aromatic carbocycles. The number of halogens is 3. The zero-order valence-electron chi connectivity index (χ0n) is 24.0. The Morgan fingerprint density at radius 1 is 1.07 bits per heavy atom. The number of alkyl halides is 3. The van der Waals surface area contributed by atoms with Crippen molar-refractivity contribution in [2.24, 2.45) is 11.3 Å². The minimum atomic E-state index is -4.44. The van der Waals surface area contributed by atoms with Gasteiger partial charge in [0.1, 0.15) is 0 Å². The van der Waals surface area contributed by atoms with E-state index in [2.05, 4.69) is 22.5 Å². The number of ketones is 1. The quantitative estimate of drug-likeness (QED) is 0.370. The highest BCUT2D eigenvalue weighted by molar-refractivity contribution is 5.98. The molecule has 0 radical (unpaired) electrons. The van der Waals surface area contributed by atoms with Crippen molar-refractivity contribution in [1.29, 1.82) is 0 Å². The van der Waals surface area contributed by atoms with Crippen LogP contribution in [0.1, 0.15) is 91.1 Å². The van der Waals surface area contributed by atoms with Crippen LogP contribution in [0.5, 0.6) is 0 Å². The van der Waals surface area contributed by atoms with Crippen LogP contribution in [0.15, 0.2) is 48.2 Å². The maximum Gasteiger partial charge on any atom is 0.416 e. The Balaban J connectivity index is 1.44. The highest BCUT2D eigenvalue weighted by Gasteiger charge is 2.42. The van der Waals surface area contributed by atoms with Gasteiger partial charge >= 0.3 is 6.18 Å². The van der Waals surface area contributed by atoms with E-state index in [9.17, 15) is 22.8 Å². The number of hydrogen-bond donors (Lipinski definition) is 1. The Labute approximate surface area is 235 Å². The Morgan fingerprint density at radius 2 is 1.73 bits per heavy atom. The summed E-state index contributed by atoms with van der Waals surface area (Å²) in [6.45, 7) is 11.3. The molecular formula is C33H39F3N2O2. The van der Waals surface area contributed by atoms with Crippen LogP contribution in [0.4, 0.5) is 13.2 Å². The fraction of sp³-hybridized carbons (Fsp3) is 0.455. The molecule has 0 aliphatic carbocycles. The van der Waals surface area contributed by atoms with Crippen LogP contribution in [0, 0.1) is 25.2 Å². The lowest BCUT2D eigenvalue weighted by molar-refractivity contribution is -0.137. The number of nitrogens with zero attached hydrogens (tertiary/aromatic N) is 1. The van der Waals surface area contributed by atoms with Gasteiger partial charge in [-0.25, -0.2) is 0 Å². The van der Waals surface area contributed by atoms with Crippen molar-refractivity contribution < 1.29 is 22.8 Å². The summed E-state index contributed by atoms with van der Waals surface area (Å²) in [5.74, 6) is 0.0731. The monoisotopic (exact) mass is 552 g/mol. The molecule has 0 bridgehead atoms. The van der Waals surface area contributed by atoms with Crippen LogP contribution in [-0.4, -0.2) is 29.7 Å². The van der Waals surface area contributed by atoms with Crippen LogP contribution in [0.2, 0.25) is 0 Å². The molecule has 1 unspecified atom stereocenters. The predicted octanol–water partition coefficient (Wildman–Crippen LogP) is 7.95. The maximum atomic E-state index is 13.5. The number of rotatable bonds is 6. The summed E-state index contributed by atoms with van der Waals surface area (Å²) in [6, 6.07) is 9.11. The van der Waals surface area contributed by atoms with Crippen LogP contribution in [0.25, 0.3) is 11.8 Å². The third kappa shape index (κ3) is 6.18. The molecule has 1 saturated heterocycles. The predicted molar refractivity (Wildman–Crippen MR) is 153 cm³/mol. The molecule has 4 nitrogen and oxygen atoms in total. The minimum Gasteiger partial charge on any atom is -0.377 e. The summed E-state index contributed by atoms with van der Waals surface area (Å²) in [6.07, 6.45) is 3.21. The van der Waals surface area contributed by atoms with Gasteiger partial charge in [0.25, 0.3) is 0 Å². The largest absolute Gasteiger partial charge is 0.416 e. The lowest BCUT2D eigenvalue weighted by atomic mass is 9.74. The summed E-state index contributed by atoms with van der Waals surface area (Å²) in [7, 11) is 0. The average molecular weight is 553 g/mol. The molecule has 1 atom stereocenters. The highest BCUT2D eigenvalue weighted by Crippen LogP contribution is 2.41. The van der Waals surface area contributed by atoms with Gasteiger partial charge in [-0.15, -0.1) is 0 Å². The lowest BCUT2D eigenvalue weighted by Gasteiger charge is -2.39. The van der Waals surface area contributed by atoms with Gasteiger partial charge in [0.05, 0.1) is 11.0 Å². The van der Waals surface area contributed by atoms with Crippen molar-refractivity contribution in [3.8, 4) is 0 Å². The second kappa shape index (κ2) is 11.6. The zero-order valence-corrected chi connectivity index (χ0v) is 24.0. The number of allylic oxidation sites excluding steroid dienone is 1. The summed E-state index contributed by atoms with van der Waals surface area (Å²) < 4.78 is 39.9. The van der Waals surface area contributed by atoms with Gasteiger partial charge in [0, 0.05) is 30.3 Å². The normalized spacial score (nSPS) is 18.7. The fourth-order valence-electron chi connectivity index (χ4n) is 5.80. The summed E-state index contributed by atoms with van der Waals surface area (Å²) in [5, 5.41) is 3.01. The van der Waals surface area contributed by atoms with E-state index in [0.717, 1.165) is 46.4 Å². The second-order valence-electron chi connectivity index (χ2n) is 11.5. The number of carbonyl (C=O) groups excluding carboxylic acids is 2. The zero-order chi connectivity index (χ0) is 29.2. The van der Waals surface area contributed by atoms with Gasteiger partial charge in [-0.3, -0.25) is 9.59 Å². The van der Waals surface area contributed by atoms with E-state index in [4.69, 9.17) is 0 Å². The van der Waals surface area contributed by atoms with E-state index in [-0.39, 0.29) is 17.6 Å². The molecule has 40 heavy (non-hydrogen) atoms. The van der Waals surface area contributed by atoms with E-state index in [1.807, 2.05) is 46.8 Å². The molecule has 4 rings (SSSR count). The van der Waals surface area contributed by atoms with Crippen LogP contribution < -0.4 is 5.32 Å². The molecule has 0 saturated carbocycles. The van der Waals surface area contributed by atoms with E-state index in [1.165, 1.54) is 6.07 Å². The number of amides is 1. The molecule has 2 heterocycles. The molecule has 1 N–H and O–H groups in total. The maximum absolute atomic E-state index is 13.5. The van der Waals surface area contributed by atoms with E-state index < -0.39 is 17.2 Å². The first-order chi connectivity index (χ1) is 18.8. The Bertz CT molecular complexity index is 1320. The van der Waals surface area contributed by atoms with Crippen LogP contribution >= 0.6 is 0 Å². The van der Waals surface area contributed by atoms with E-state index >= 15 is 0 Å². The first-order valence-corrected chi connectivity index (χ1v) is 14.1. The van der Waals surface area contributed by atoms with Crippen LogP contribution in [-0.2, 0) is 11.0 Å². The van der Waals surface area contributed by atoms with E-state index in [0.29, 0.717) is 50.0 Å². The Morgan fingerprint density at radius 3 is 2.33 bits per heavy atom. The third-order valence-corrected chi connectivity index (χ3v) is 8.75. The lowest BCUT2D eigenvalue weighted by Crippen LogP contribution is -2.46. The Kier molecular flexibility index (Phi) is 8.62. The van der Waals surface area contributed by atoms with Gasteiger partial charge in [-0.05, 0) is 117 Å². The van der Waals surface area contributed by atoms with Crippen molar-refractivity contribution in [1.82, 2.24) is 10.2 Å². The number of likely N-dealkylation sites (tertiary alicyclic amines) is 1. The molecule has 1 amide bonds. The van der Waals surface area contributed by atoms with E-state index in [1.54, 1.807) is 6.07 Å². The molecule has 2 aromatic rings. The second-order valence-corrected chi connectivity index (χ2v) is 11.5. The number of benzene rings is 2. The topological polar surface area (TPSA) is 49.4 Å². The van der Waals surface area contributed by atoms with Gasteiger partial charge in [0.15, 0.2) is 5.78 Å². The van der Waals surface area contributed by atoms with Crippen molar-refractivity contribution in [2.45, 2.75) is 72.9 Å². The number of carbonyl (C=O) groups is 2. The van der Waals surface area contributed by atoms with Gasteiger partial charge in [-0.2, -0.15) is 13.2 Å². The van der Waals surface area contributed by atoms with Crippen LogP contribution in [0.3, 0.4) is 0 Å². The van der Waals surface area contributed by atoms with Crippen molar-refractivity contribution >= 4 is 23.5 Å². The van der Waals surface area contributed by atoms with Crippen molar-refractivity contribution in [3.63, 3.8) is 0 Å². The Hall–Kier alpha value is -3.35. The highest BCUT2D eigenvalue weighted by atomic mass is 19.4. The molecule has 1 spiro atoms. The molecular weight excluding hydrogens is 513 g/mol. The molecule has 2 aliphatic heterocycles. The summed E-state index contributed by atoms with van der Waals surface area (Å²) in [5.41, 5.74) is 4.49. The summed E-state index contributed by atoms with van der Waals surface area (Å²) >= 11 is 0. The standard InChI is InChI=1S/C33H39F3N2O2/c1-6-21(2)30(39)26-18-23(4)28(24(5)19-26)11-15-38-16-13-32(14-17-38)12-10-22(3)29(37-31(32)40)25-8-7-9-27(20-25)33(34,35)36/h7-9,11,15,18-21H,6,10,12-14,16-17H2,1-5H3,(H,37,40)/b15-11+. The molecule has 1 fully saturated rings. The average Bonchev–Trinajstić information content (AvgIpc) is 3.04. The third-order valence-electron chi connectivity index (χ3n) is 8.75. The number of Topliss-reactive ketones (excluding diaryl/α,β-unsaturated/α-hetero) is 1. The number of piperidine rings is 1. The van der Waals surface area contributed by atoms with Crippen molar-refractivity contribution in [3.05, 3.63) is 81.6 Å². The SMILES string of the molecule is CCC(C)C(=O)c1cc(C)c(/C=C/N2CCC3(CCC(C)=C(c4cccc(C(F)(F)F)c4)NC3=O)CC2)c(C)c1. The smallest absolute Gasteiger partial charge is 0.377 e. The van der Waals surface area contributed by atoms with Gasteiger partial charge in [-0.1, -0.05) is 26.0 Å². The molecule has 2 aliphatic rings. The number of hydrogen-bond acceptors (Lipinski definition) is 3. The van der Waals surface area contributed by atoms with Gasteiger partial charge < -0.3 is 10.2 Å². The number of aryl methyl sites for hydroxylation is 2. The minimum absolute atomic E-state index is 0.00201. The molecule has 214 valence electrons. The first-order valence-electron chi connectivity index (χ1n) is 14.1. The van der Waals surface area contributed by atoms with Gasteiger partial charge in [0.2, 0.25) is 5.91 Å². The number of nitrogens with one attached hydrogen (secondary N) is 1. The summed E-state index contributed by atoms with van der Waals surface area (Å²) in [4.78, 5) is 28.4. The molecule has 0 aromatic heterocycles. The van der Waals surface area contributed by atoms with Crippen molar-refractivity contribution in [2.75, 3.05) is 13.1 Å².